The standard InChI is InChI=1S/C15H12F3N3O/c1-2-21-12(9-20-8-7-19-13(20)14(21)22)10-3-5-11(6-4-10)15(16,17)18/h3-9H,2H2,1H3/p+1. The van der Waals surface area contributed by atoms with E-state index in [4.69, 9.17) is 0 Å². The molecule has 0 aliphatic rings. The maximum absolute atomic E-state index is 12.6. The molecule has 0 radical (unpaired) electrons. The Morgan fingerprint density at radius 2 is 1.91 bits per heavy atom. The van der Waals surface area contributed by atoms with Gasteiger partial charge in [0.1, 0.15) is 18.6 Å². The fourth-order valence-corrected chi connectivity index (χ4v) is 2.44. The molecule has 0 aliphatic carbocycles. The predicted octanol–water partition coefficient (Wildman–Crippen LogP) is 2.62. The lowest BCUT2D eigenvalue weighted by Crippen LogP contribution is -2.33. The zero-order valence-electron chi connectivity index (χ0n) is 11.7. The molecular formula is C15H13F3N3O+. The second-order valence-electron chi connectivity index (χ2n) is 4.85. The fraction of sp³-hybridized carbons (Fsp3) is 0.200. The van der Waals surface area contributed by atoms with E-state index in [1.807, 2.05) is 6.92 Å². The number of hydrogen-bond donors (Lipinski definition) is 1. The van der Waals surface area contributed by atoms with Gasteiger partial charge in [0.2, 0.25) is 0 Å². The van der Waals surface area contributed by atoms with Gasteiger partial charge in [-0.3, -0.25) is 9.36 Å². The highest BCUT2D eigenvalue weighted by molar-refractivity contribution is 5.59. The Morgan fingerprint density at radius 3 is 2.50 bits per heavy atom. The van der Waals surface area contributed by atoms with Crippen LogP contribution in [0.4, 0.5) is 13.2 Å². The minimum atomic E-state index is -4.37. The van der Waals surface area contributed by atoms with Crippen molar-refractivity contribution >= 4 is 5.65 Å². The van der Waals surface area contributed by atoms with Crippen LogP contribution in [-0.4, -0.2) is 9.55 Å². The highest BCUT2D eigenvalue weighted by Gasteiger charge is 2.30. The molecule has 22 heavy (non-hydrogen) atoms. The summed E-state index contributed by atoms with van der Waals surface area (Å²) in [7, 11) is 0. The molecule has 7 heteroatoms. The summed E-state index contributed by atoms with van der Waals surface area (Å²) in [5.41, 5.74) is 0.611. The van der Waals surface area contributed by atoms with Crippen LogP contribution in [0.15, 0.2) is 47.7 Å². The summed E-state index contributed by atoms with van der Waals surface area (Å²) in [5.74, 6) is 0. The number of alkyl halides is 3. The average Bonchev–Trinajstić information content (AvgIpc) is 2.95. The Kier molecular flexibility index (Phi) is 3.27. The zero-order valence-corrected chi connectivity index (χ0v) is 11.7. The third-order valence-electron chi connectivity index (χ3n) is 3.54. The molecule has 0 saturated heterocycles. The quantitative estimate of drug-likeness (QED) is 0.727. The van der Waals surface area contributed by atoms with E-state index in [1.165, 1.54) is 16.7 Å². The van der Waals surface area contributed by atoms with Gasteiger partial charge in [-0.2, -0.15) is 17.6 Å². The number of H-pyrrole nitrogens is 1. The summed E-state index contributed by atoms with van der Waals surface area (Å²) < 4.78 is 41.1. The molecule has 1 aromatic carbocycles. The fourth-order valence-electron chi connectivity index (χ4n) is 2.44. The molecular weight excluding hydrogens is 295 g/mol. The van der Waals surface area contributed by atoms with Gasteiger partial charge in [-0.1, -0.05) is 12.1 Å². The molecule has 0 bridgehead atoms. The lowest BCUT2D eigenvalue weighted by molar-refractivity contribution is -0.510. The Balaban J connectivity index is 2.19. The van der Waals surface area contributed by atoms with Gasteiger partial charge in [0.15, 0.2) is 0 Å². The highest BCUT2D eigenvalue weighted by atomic mass is 19.4. The van der Waals surface area contributed by atoms with Gasteiger partial charge >= 0.3 is 17.4 Å². The number of imidazole rings is 1. The number of halogens is 3. The van der Waals surface area contributed by atoms with E-state index >= 15 is 0 Å². The van der Waals surface area contributed by atoms with Crippen LogP contribution in [0.3, 0.4) is 0 Å². The number of rotatable bonds is 2. The minimum Gasteiger partial charge on any atom is -0.298 e. The van der Waals surface area contributed by atoms with E-state index in [0.717, 1.165) is 12.1 Å². The second kappa shape index (κ2) is 5.01. The molecule has 0 fully saturated rings. The SMILES string of the molecule is CCn1c(-c2ccc(C(F)(F)F)cc2)c[n+]2cc[nH]c2c1=O. The largest absolute Gasteiger partial charge is 0.416 e. The van der Waals surface area contributed by atoms with Gasteiger partial charge < -0.3 is 0 Å². The van der Waals surface area contributed by atoms with Crippen LogP contribution in [0, 0.1) is 0 Å². The lowest BCUT2D eigenvalue weighted by Gasteiger charge is -2.11. The van der Waals surface area contributed by atoms with E-state index in [0.29, 0.717) is 23.4 Å². The molecule has 0 saturated carbocycles. The third-order valence-corrected chi connectivity index (χ3v) is 3.54. The monoisotopic (exact) mass is 308 g/mol. The Morgan fingerprint density at radius 1 is 1.23 bits per heavy atom. The van der Waals surface area contributed by atoms with E-state index in [1.54, 1.807) is 23.0 Å². The van der Waals surface area contributed by atoms with Crippen molar-refractivity contribution in [2.24, 2.45) is 0 Å². The molecule has 2 heterocycles. The molecule has 114 valence electrons. The van der Waals surface area contributed by atoms with Crippen molar-refractivity contribution < 1.29 is 17.6 Å². The molecule has 0 atom stereocenters. The van der Waals surface area contributed by atoms with Crippen molar-refractivity contribution in [2.75, 3.05) is 0 Å². The van der Waals surface area contributed by atoms with Crippen LogP contribution < -0.4 is 9.96 Å². The van der Waals surface area contributed by atoms with Gasteiger partial charge in [0.05, 0.1) is 11.3 Å². The first-order valence-electron chi connectivity index (χ1n) is 6.71. The number of fused-ring (bicyclic) bond motifs is 1. The van der Waals surface area contributed by atoms with E-state index in [2.05, 4.69) is 4.98 Å². The first kappa shape index (κ1) is 14.4. The normalized spacial score (nSPS) is 12.0. The third kappa shape index (κ3) is 2.28. The Hall–Kier alpha value is -2.57. The summed E-state index contributed by atoms with van der Waals surface area (Å²) in [5, 5.41) is 0. The van der Waals surface area contributed by atoms with Crippen LogP contribution in [-0.2, 0) is 12.7 Å². The van der Waals surface area contributed by atoms with Crippen LogP contribution in [0.1, 0.15) is 12.5 Å². The van der Waals surface area contributed by atoms with E-state index in [9.17, 15) is 18.0 Å². The van der Waals surface area contributed by atoms with Crippen molar-refractivity contribution in [3.8, 4) is 11.3 Å². The van der Waals surface area contributed by atoms with Crippen molar-refractivity contribution in [2.45, 2.75) is 19.6 Å². The predicted molar refractivity (Wildman–Crippen MR) is 74.3 cm³/mol. The second-order valence-corrected chi connectivity index (χ2v) is 4.85. The number of aromatic amines is 1. The summed E-state index contributed by atoms with van der Waals surface area (Å²) >= 11 is 0. The van der Waals surface area contributed by atoms with Gasteiger partial charge in [-0.15, -0.1) is 0 Å². The number of aromatic nitrogens is 3. The van der Waals surface area contributed by atoms with Crippen LogP contribution >= 0.6 is 0 Å². The number of nitrogens with zero attached hydrogens (tertiary/aromatic N) is 2. The van der Waals surface area contributed by atoms with E-state index < -0.39 is 11.7 Å². The maximum Gasteiger partial charge on any atom is 0.416 e. The molecule has 3 aromatic rings. The van der Waals surface area contributed by atoms with E-state index in [-0.39, 0.29) is 5.56 Å². The summed E-state index contributed by atoms with van der Waals surface area (Å²) in [4.78, 5) is 15.2. The Labute approximate surface area is 123 Å². The number of nitrogens with one attached hydrogen (secondary N) is 1. The van der Waals surface area contributed by atoms with Gasteiger partial charge in [0.25, 0.3) is 0 Å². The molecule has 3 rings (SSSR count). The molecule has 0 amide bonds. The van der Waals surface area contributed by atoms with Gasteiger partial charge in [-0.05, 0) is 19.1 Å². The summed E-state index contributed by atoms with van der Waals surface area (Å²) in [6.45, 7) is 2.24. The topological polar surface area (TPSA) is 41.9 Å². The molecule has 2 aromatic heterocycles. The van der Waals surface area contributed by atoms with Gasteiger partial charge in [0, 0.05) is 12.1 Å². The number of benzene rings is 1. The number of hydrogen-bond acceptors (Lipinski definition) is 1. The lowest BCUT2D eigenvalue weighted by atomic mass is 10.1. The first-order valence-corrected chi connectivity index (χ1v) is 6.71. The minimum absolute atomic E-state index is 0.218. The van der Waals surface area contributed by atoms with Crippen LogP contribution in [0.25, 0.3) is 16.9 Å². The van der Waals surface area contributed by atoms with Crippen molar-refractivity contribution in [3.63, 3.8) is 0 Å². The Bertz CT molecular complexity index is 876. The van der Waals surface area contributed by atoms with Gasteiger partial charge in [-0.25, -0.2) is 4.98 Å². The molecule has 0 aliphatic heterocycles. The summed E-state index contributed by atoms with van der Waals surface area (Å²) in [6.07, 6.45) is 0.666. The smallest absolute Gasteiger partial charge is 0.298 e. The molecule has 0 spiro atoms. The molecule has 0 unspecified atom stereocenters. The zero-order chi connectivity index (χ0) is 15.9. The van der Waals surface area contributed by atoms with Crippen molar-refractivity contribution in [1.29, 1.82) is 0 Å². The molecule has 1 N–H and O–H groups in total. The van der Waals surface area contributed by atoms with Crippen LogP contribution in [0.5, 0.6) is 0 Å². The summed E-state index contributed by atoms with van der Waals surface area (Å²) in [6, 6.07) is 4.79. The maximum atomic E-state index is 12.6. The van der Waals surface area contributed by atoms with Crippen molar-refractivity contribution in [3.05, 3.63) is 58.8 Å². The first-order chi connectivity index (χ1) is 10.4. The van der Waals surface area contributed by atoms with Crippen molar-refractivity contribution in [1.82, 2.24) is 9.55 Å². The average molecular weight is 308 g/mol. The highest BCUT2D eigenvalue weighted by Crippen LogP contribution is 2.30. The molecule has 4 nitrogen and oxygen atoms in total. The van der Waals surface area contributed by atoms with Crippen LogP contribution in [0.2, 0.25) is 0 Å².